The third kappa shape index (κ3) is 2.90. The summed E-state index contributed by atoms with van der Waals surface area (Å²) in [6, 6.07) is 11.4. The molecule has 2 aromatic rings. The number of hydrogen-bond donors (Lipinski definition) is 1. The maximum atomic E-state index is 11.2. The van der Waals surface area contributed by atoms with Gasteiger partial charge in [-0.25, -0.2) is 4.79 Å². The van der Waals surface area contributed by atoms with Crippen LogP contribution in [-0.2, 0) is 0 Å². The van der Waals surface area contributed by atoms with Gasteiger partial charge in [0.25, 0.3) is 0 Å². The van der Waals surface area contributed by atoms with E-state index >= 15 is 0 Å². The normalized spacial score (nSPS) is 9.85. The number of rotatable bonds is 3. The Hall–Kier alpha value is -2.51. The van der Waals surface area contributed by atoms with Crippen molar-refractivity contribution in [1.82, 2.24) is 0 Å². The average Bonchev–Trinajstić information content (AvgIpc) is 2.42. The van der Waals surface area contributed by atoms with Gasteiger partial charge in [0.2, 0.25) is 0 Å². The number of nitrogens with zero attached hydrogens (tertiary/aromatic N) is 1. The largest absolute Gasteiger partial charge is 0.478 e. The molecule has 0 saturated carbocycles. The van der Waals surface area contributed by atoms with Gasteiger partial charge in [0.15, 0.2) is 0 Å². The van der Waals surface area contributed by atoms with E-state index < -0.39 is 5.97 Å². The molecule has 2 rings (SSSR count). The molecule has 0 bridgehead atoms. The van der Waals surface area contributed by atoms with Crippen molar-refractivity contribution in [3.8, 4) is 17.6 Å². The van der Waals surface area contributed by atoms with Crippen LogP contribution >= 0.6 is 11.6 Å². The topological polar surface area (TPSA) is 70.3 Å². The highest BCUT2D eigenvalue weighted by molar-refractivity contribution is 6.30. The number of benzene rings is 2. The van der Waals surface area contributed by atoms with Crippen LogP contribution in [-0.4, -0.2) is 11.1 Å². The van der Waals surface area contributed by atoms with Gasteiger partial charge < -0.3 is 9.84 Å². The number of carboxylic acid groups (broad SMARTS) is 1. The van der Waals surface area contributed by atoms with E-state index in [1.54, 1.807) is 25.1 Å². The quantitative estimate of drug-likeness (QED) is 0.926. The van der Waals surface area contributed by atoms with Crippen LogP contribution in [0.4, 0.5) is 0 Å². The van der Waals surface area contributed by atoms with Gasteiger partial charge in [-0.15, -0.1) is 0 Å². The van der Waals surface area contributed by atoms with E-state index in [4.69, 9.17) is 21.6 Å². The first-order chi connectivity index (χ1) is 9.51. The van der Waals surface area contributed by atoms with Crippen LogP contribution < -0.4 is 4.74 Å². The van der Waals surface area contributed by atoms with Crippen LogP contribution in [0.5, 0.6) is 11.5 Å². The highest BCUT2D eigenvalue weighted by atomic mass is 35.5. The van der Waals surface area contributed by atoms with Gasteiger partial charge in [0.05, 0.1) is 5.56 Å². The molecule has 20 heavy (non-hydrogen) atoms. The Morgan fingerprint density at radius 3 is 2.60 bits per heavy atom. The van der Waals surface area contributed by atoms with E-state index in [1.165, 1.54) is 18.2 Å². The van der Waals surface area contributed by atoms with Crippen LogP contribution in [0, 0.1) is 18.3 Å². The van der Waals surface area contributed by atoms with Gasteiger partial charge in [0.1, 0.15) is 23.1 Å². The van der Waals surface area contributed by atoms with Gasteiger partial charge in [-0.05, 0) is 37.3 Å². The molecule has 0 atom stereocenters. The van der Waals surface area contributed by atoms with E-state index in [9.17, 15) is 9.90 Å². The molecule has 100 valence electrons. The molecule has 0 fully saturated rings. The zero-order valence-corrected chi connectivity index (χ0v) is 11.3. The Kier molecular flexibility index (Phi) is 3.92. The summed E-state index contributed by atoms with van der Waals surface area (Å²) in [5.74, 6) is -0.638. The second kappa shape index (κ2) is 5.64. The Balaban J connectivity index is 2.45. The number of nitriles is 1. The van der Waals surface area contributed by atoms with Gasteiger partial charge >= 0.3 is 5.97 Å². The molecule has 0 aliphatic heterocycles. The predicted molar refractivity (Wildman–Crippen MR) is 74.4 cm³/mol. The Labute approximate surface area is 120 Å². The summed E-state index contributed by atoms with van der Waals surface area (Å²) in [7, 11) is 0. The summed E-state index contributed by atoms with van der Waals surface area (Å²) >= 11 is 5.80. The molecule has 0 saturated heterocycles. The van der Waals surface area contributed by atoms with Crippen LogP contribution in [0.1, 0.15) is 21.5 Å². The lowest BCUT2D eigenvalue weighted by atomic mass is 10.1. The molecule has 0 unspecified atom stereocenters. The fourth-order valence-electron chi connectivity index (χ4n) is 1.70. The van der Waals surface area contributed by atoms with Crippen molar-refractivity contribution >= 4 is 17.6 Å². The van der Waals surface area contributed by atoms with Crippen molar-refractivity contribution in [2.45, 2.75) is 6.92 Å². The number of hydrogen-bond acceptors (Lipinski definition) is 3. The summed E-state index contributed by atoms with van der Waals surface area (Å²) in [5, 5.41) is 18.6. The van der Waals surface area contributed by atoms with Crippen LogP contribution in [0.2, 0.25) is 5.02 Å². The molecule has 4 nitrogen and oxygen atoms in total. The number of aryl methyl sites for hydroxylation is 1. The summed E-state index contributed by atoms with van der Waals surface area (Å²) in [5.41, 5.74) is 1.10. The lowest BCUT2D eigenvalue weighted by Gasteiger charge is -2.10. The molecule has 0 radical (unpaired) electrons. The van der Waals surface area contributed by atoms with E-state index in [0.29, 0.717) is 5.02 Å². The van der Waals surface area contributed by atoms with Crippen LogP contribution in [0.15, 0.2) is 36.4 Å². The van der Waals surface area contributed by atoms with Crippen molar-refractivity contribution in [2.75, 3.05) is 0 Å². The molecule has 0 aliphatic rings. The third-order valence-electron chi connectivity index (χ3n) is 2.65. The lowest BCUT2D eigenvalue weighted by molar-refractivity contribution is 0.0694. The monoisotopic (exact) mass is 287 g/mol. The molecule has 0 aliphatic carbocycles. The van der Waals surface area contributed by atoms with Gasteiger partial charge in [-0.2, -0.15) is 5.26 Å². The van der Waals surface area contributed by atoms with Crippen molar-refractivity contribution in [3.05, 3.63) is 58.1 Å². The second-order valence-electron chi connectivity index (χ2n) is 4.16. The first-order valence-corrected chi connectivity index (χ1v) is 6.10. The molecular formula is C15H10ClNO3. The molecule has 0 amide bonds. The number of carboxylic acids is 1. The fourth-order valence-corrected chi connectivity index (χ4v) is 1.87. The average molecular weight is 288 g/mol. The molecule has 1 N–H and O–H groups in total. The molecule has 2 aromatic carbocycles. The van der Waals surface area contributed by atoms with Crippen molar-refractivity contribution in [2.24, 2.45) is 0 Å². The van der Waals surface area contributed by atoms with E-state index in [-0.39, 0.29) is 22.6 Å². The lowest BCUT2D eigenvalue weighted by Crippen LogP contribution is -2.01. The Morgan fingerprint density at radius 1 is 1.25 bits per heavy atom. The van der Waals surface area contributed by atoms with E-state index in [0.717, 1.165) is 5.56 Å². The molecule has 5 heteroatoms. The zero-order chi connectivity index (χ0) is 14.7. The summed E-state index contributed by atoms with van der Waals surface area (Å²) < 4.78 is 5.54. The second-order valence-corrected chi connectivity index (χ2v) is 4.60. The smallest absolute Gasteiger partial charge is 0.339 e. The van der Waals surface area contributed by atoms with Gasteiger partial charge in [-0.3, -0.25) is 0 Å². The summed E-state index contributed by atoms with van der Waals surface area (Å²) in [6.45, 7) is 1.79. The first-order valence-electron chi connectivity index (χ1n) is 5.72. The number of ether oxygens (including phenoxy) is 1. The van der Waals surface area contributed by atoms with Crippen LogP contribution in [0.25, 0.3) is 0 Å². The van der Waals surface area contributed by atoms with Gasteiger partial charge in [-0.1, -0.05) is 23.2 Å². The molecule has 0 heterocycles. The van der Waals surface area contributed by atoms with Crippen molar-refractivity contribution < 1.29 is 14.6 Å². The van der Waals surface area contributed by atoms with Crippen LogP contribution in [0.3, 0.4) is 0 Å². The minimum atomic E-state index is -1.09. The summed E-state index contributed by atoms with van der Waals surface area (Å²) in [4.78, 5) is 11.2. The maximum Gasteiger partial charge on any atom is 0.339 e. The molecule has 0 aromatic heterocycles. The molecule has 0 spiro atoms. The van der Waals surface area contributed by atoms with Crippen molar-refractivity contribution in [3.63, 3.8) is 0 Å². The zero-order valence-electron chi connectivity index (χ0n) is 10.6. The number of aromatic carboxylic acids is 1. The van der Waals surface area contributed by atoms with Crippen molar-refractivity contribution in [1.29, 1.82) is 5.26 Å². The maximum absolute atomic E-state index is 11.2. The number of carbonyl (C=O) groups is 1. The summed E-state index contributed by atoms with van der Waals surface area (Å²) in [6.07, 6.45) is 0. The van der Waals surface area contributed by atoms with Gasteiger partial charge in [0, 0.05) is 5.02 Å². The minimum absolute atomic E-state index is 0.0452. The number of halogens is 1. The Bertz CT molecular complexity index is 720. The highest BCUT2D eigenvalue weighted by Gasteiger charge is 2.14. The molecular weight excluding hydrogens is 278 g/mol. The standard InChI is InChI=1S/C15H10ClNO3/c1-9-2-4-14(12(6-9)15(18)19)20-13-5-3-11(16)7-10(13)8-17/h2-7H,1H3,(H,18,19). The highest BCUT2D eigenvalue weighted by Crippen LogP contribution is 2.30. The predicted octanol–water partition coefficient (Wildman–Crippen LogP) is 4.01. The fraction of sp³-hybridized carbons (Fsp3) is 0.0667. The SMILES string of the molecule is Cc1ccc(Oc2ccc(Cl)cc2C#N)c(C(=O)O)c1. The first kappa shape index (κ1) is 13.9. The van der Waals surface area contributed by atoms with E-state index in [1.807, 2.05) is 6.07 Å². The van der Waals surface area contributed by atoms with E-state index in [2.05, 4.69) is 0 Å². The Morgan fingerprint density at radius 2 is 1.95 bits per heavy atom. The minimum Gasteiger partial charge on any atom is -0.478 e. The third-order valence-corrected chi connectivity index (χ3v) is 2.88.